The van der Waals surface area contributed by atoms with Gasteiger partial charge in [0.1, 0.15) is 0 Å². The fraction of sp³-hybridized carbons (Fsp3) is 0.233. The lowest BCUT2D eigenvalue weighted by Gasteiger charge is -2.15. The van der Waals surface area contributed by atoms with Crippen LogP contribution in [0.3, 0.4) is 0 Å². The van der Waals surface area contributed by atoms with E-state index in [4.69, 9.17) is 33.3 Å². The van der Waals surface area contributed by atoms with Crippen molar-refractivity contribution in [3.63, 3.8) is 0 Å². The van der Waals surface area contributed by atoms with Crippen molar-refractivity contribution < 1.29 is 19.1 Å². The maximum absolute atomic E-state index is 13.2. The second kappa shape index (κ2) is 12.2. The highest BCUT2D eigenvalue weighted by atomic mass is 35.5. The van der Waals surface area contributed by atoms with Crippen LogP contribution in [0.25, 0.3) is 6.08 Å². The number of nitrogens with one attached hydrogen (secondary N) is 1. The van der Waals surface area contributed by atoms with Crippen LogP contribution in [-0.2, 0) is 9.59 Å². The smallest absolute Gasteiger partial charge is 0.270 e. The van der Waals surface area contributed by atoms with Crippen molar-refractivity contribution in [1.82, 2.24) is 0 Å². The summed E-state index contributed by atoms with van der Waals surface area (Å²) in [5, 5.41) is 3.51. The second-order valence-electron chi connectivity index (χ2n) is 9.20. The minimum Gasteiger partial charge on any atom is -0.490 e. The lowest BCUT2D eigenvalue weighted by atomic mass is 10.1. The lowest BCUT2D eigenvalue weighted by molar-refractivity contribution is -0.118. The minimum absolute atomic E-state index is 0.177. The number of halogens is 1. The van der Waals surface area contributed by atoms with Gasteiger partial charge in [0.2, 0.25) is 0 Å². The zero-order chi connectivity index (χ0) is 28.3. The first-order valence-corrected chi connectivity index (χ1v) is 14.0. The number of nitrogens with zero attached hydrogens (tertiary/aromatic N) is 1. The van der Waals surface area contributed by atoms with Crippen LogP contribution in [0, 0.1) is 27.7 Å². The summed E-state index contributed by atoms with van der Waals surface area (Å²) in [5.41, 5.74) is 6.22. The number of rotatable bonds is 8. The van der Waals surface area contributed by atoms with Gasteiger partial charge in [-0.2, -0.15) is 0 Å². The Labute approximate surface area is 243 Å². The Morgan fingerprint density at radius 2 is 1.72 bits per heavy atom. The molecule has 0 aliphatic carbocycles. The third-order valence-electron chi connectivity index (χ3n) is 6.07. The summed E-state index contributed by atoms with van der Waals surface area (Å²) in [6.07, 6.45) is 1.76. The Balaban J connectivity index is 1.49. The van der Waals surface area contributed by atoms with Crippen molar-refractivity contribution in [2.45, 2.75) is 34.6 Å². The Kier molecular flexibility index (Phi) is 9.00. The van der Waals surface area contributed by atoms with E-state index >= 15 is 0 Å². The summed E-state index contributed by atoms with van der Waals surface area (Å²) in [6.45, 7) is 9.95. The molecule has 4 rings (SSSR count). The molecule has 2 amide bonds. The molecule has 1 aliphatic rings. The molecule has 9 heteroatoms. The number of anilines is 2. The topological polar surface area (TPSA) is 67.9 Å². The van der Waals surface area contributed by atoms with E-state index in [2.05, 4.69) is 5.32 Å². The van der Waals surface area contributed by atoms with Gasteiger partial charge in [-0.05, 0) is 87.2 Å². The van der Waals surface area contributed by atoms with Gasteiger partial charge in [0.15, 0.2) is 22.4 Å². The van der Waals surface area contributed by atoms with Crippen molar-refractivity contribution >= 4 is 69.2 Å². The van der Waals surface area contributed by atoms with Gasteiger partial charge >= 0.3 is 0 Å². The number of ether oxygens (including phenoxy) is 2. The fourth-order valence-electron chi connectivity index (χ4n) is 4.26. The van der Waals surface area contributed by atoms with Crippen LogP contribution in [0.5, 0.6) is 11.5 Å². The van der Waals surface area contributed by atoms with E-state index in [0.29, 0.717) is 38.0 Å². The molecule has 1 fully saturated rings. The first kappa shape index (κ1) is 28.7. The van der Waals surface area contributed by atoms with Crippen molar-refractivity contribution in [2.75, 3.05) is 23.4 Å². The van der Waals surface area contributed by atoms with Crippen molar-refractivity contribution in [1.29, 1.82) is 0 Å². The van der Waals surface area contributed by atoms with Gasteiger partial charge in [-0.3, -0.25) is 14.5 Å². The molecule has 3 aromatic rings. The normalized spacial score (nSPS) is 14.2. The number of carbonyl (C=O) groups excluding carboxylic acids is 2. The summed E-state index contributed by atoms with van der Waals surface area (Å²) in [6, 6.07) is 14.8. The molecule has 6 nitrogen and oxygen atoms in total. The number of carbonyl (C=O) groups is 2. The van der Waals surface area contributed by atoms with Crippen LogP contribution in [0.1, 0.15) is 34.7 Å². The number of thiocarbonyl (C=S) groups is 1. The molecule has 0 bridgehead atoms. The quantitative estimate of drug-likeness (QED) is 0.221. The van der Waals surface area contributed by atoms with Crippen LogP contribution in [0.15, 0.2) is 53.4 Å². The molecule has 1 N–H and O–H groups in total. The Hall–Kier alpha value is -3.33. The van der Waals surface area contributed by atoms with Gasteiger partial charge in [0, 0.05) is 10.7 Å². The third-order valence-corrected chi connectivity index (χ3v) is 7.78. The number of amides is 2. The molecular weight excluding hydrogens is 552 g/mol. The van der Waals surface area contributed by atoms with E-state index in [0.717, 1.165) is 33.5 Å². The largest absolute Gasteiger partial charge is 0.490 e. The van der Waals surface area contributed by atoms with E-state index in [-0.39, 0.29) is 18.4 Å². The van der Waals surface area contributed by atoms with Gasteiger partial charge in [0.25, 0.3) is 11.8 Å². The number of thioether (sulfide) groups is 1. The zero-order valence-corrected chi connectivity index (χ0v) is 24.8. The molecule has 0 saturated carbocycles. The number of aryl methyl sites for hydroxylation is 4. The first-order valence-electron chi connectivity index (χ1n) is 12.4. The predicted molar refractivity (Wildman–Crippen MR) is 164 cm³/mol. The Bertz CT molecular complexity index is 1480. The van der Waals surface area contributed by atoms with Crippen molar-refractivity contribution in [3.05, 3.63) is 86.3 Å². The highest BCUT2D eigenvalue weighted by Gasteiger charge is 2.33. The molecule has 1 heterocycles. The van der Waals surface area contributed by atoms with Gasteiger partial charge in [-0.1, -0.05) is 65.4 Å². The van der Waals surface area contributed by atoms with Crippen LogP contribution in [0.4, 0.5) is 11.4 Å². The number of hydrogen-bond donors (Lipinski definition) is 1. The van der Waals surface area contributed by atoms with Crippen molar-refractivity contribution in [3.8, 4) is 11.5 Å². The van der Waals surface area contributed by atoms with E-state index in [1.807, 2.05) is 58.9 Å². The Morgan fingerprint density at radius 1 is 1.00 bits per heavy atom. The van der Waals surface area contributed by atoms with Crippen LogP contribution in [0.2, 0.25) is 5.02 Å². The van der Waals surface area contributed by atoms with Gasteiger partial charge in [0.05, 0.1) is 17.2 Å². The van der Waals surface area contributed by atoms with Crippen LogP contribution < -0.4 is 19.7 Å². The molecule has 0 radical (unpaired) electrons. The highest BCUT2D eigenvalue weighted by molar-refractivity contribution is 8.27. The van der Waals surface area contributed by atoms with E-state index in [9.17, 15) is 9.59 Å². The molecule has 3 aromatic carbocycles. The summed E-state index contributed by atoms with van der Waals surface area (Å²) < 4.78 is 12.0. The fourth-order valence-corrected chi connectivity index (χ4v) is 5.73. The summed E-state index contributed by atoms with van der Waals surface area (Å²) in [5.74, 6) is 0.420. The minimum atomic E-state index is -0.267. The summed E-state index contributed by atoms with van der Waals surface area (Å²) >= 11 is 13.0. The average Bonchev–Trinajstić information content (AvgIpc) is 3.15. The SMILES string of the molecule is CCOc1cc(/C=C2\SC(=S)N(c3ccc(C)c(Cl)c3)C2=O)ccc1OCC(=O)Nc1c(C)cc(C)cc1C. The molecular formula is C30H29ClN2O4S2. The second-order valence-corrected chi connectivity index (χ2v) is 11.3. The monoisotopic (exact) mass is 580 g/mol. The molecule has 1 saturated heterocycles. The standard InChI is InChI=1S/C30H29ClN2O4S2/c1-6-36-25-13-21(14-26-29(35)33(30(38)39-26)22-9-7-18(3)23(31)15-22)8-10-24(25)37-16-27(34)32-28-19(4)11-17(2)12-20(28)5/h7-15H,6,16H2,1-5H3,(H,32,34)/b26-14-. The molecule has 1 aliphatic heterocycles. The number of hydrogen-bond acceptors (Lipinski definition) is 6. The van der Waals surface area contributed by atoms with Gasteiger partial charge in [-0.15, -0.1) is 0 Å². The maximum Gasteiger partial charge on any atom is 0.270 e. The highest BCUT2D eigenvalue weighted by Crippen LogP contribution is 2.38. The summed E-state index contributed by atoms with van der Waals surface area (Å²) in [7, 11) is 0. The van der Waals surface area contributed by atoms with Crippen molar-refractivity contribution in [2.24, 2.45) is 0 Å². The summed E-state index contributed by atoms with van der Waals surface area (Å²) in [4.78, 5) is 27.8. The number of benzene rings is 3. The molecule has 202 valence electrons. The maximum atomic E-state index is 13.2. The van der Waals surface area contributed by atoms with Crippen LogP contribution >= 0.6 is 35.6 Å². The lowest BCUT2D eigenvalue weighted by Crippen LogP contribution is -2.27. The van der Waals surface area contributed by atoms with E-state index in [1.54, 1.807) is 30.3 Å². The van der Waals surface area contributed by atoms with Gasteiger partial charge in [-0.25, -0.2) is 0 Å². The molecule has 0 spiro atoms. The predicted octanol–water partition coefficient (Wildman–Crippen LogP) is 7.40. The van der Waals surface area contributed by atoms with Crippen LogP contribution in [-0.4, -0.2) is 29.3 Å². The van der Waals surface area contributed by atoms with E-state index < -0.39 is 0 Å². The third kappa shape index (κ3) is 6.64. The molecule has 0 unspecified atom stereocenters. The van der Waals surface area contributed by atoms with E-state index in [1.165, 1.54) is 16.7 Å². The average molecular weight is 581 g/mol. The zero-order valence-electron chi connectivity index (χ0n) is 22.4. The molecule has 0 aromatic heterocycles. The Morgan fingerprint density at radius 3 is 2.38 bits per heavy atom. The molecule has 0 atom stereocenters. The first-order chi connectivity index (χ1) is 18.6. The van der Waals surface area contributed by atoms with Gasteiger partial charge < -0.3 is 14.8 Å². The molecule has 39 heavy (non-hydrogen) atoms.